The van der Waals surface area contributed by atoms with E-state index in [1.165, 1.54) is 24.2 Å². The maximum absolute atomic E-state index is 12.8. The fraction of sp³-hybridized carbons (Fsp3) is 0.435. The summed E-state index contributed by atoms with van der Waals surface area (Å²) in [6, 6.07) is 13.8. The van der Waals surface area contributed by atoms with Crippen molar-refractivity contribution in [2.45, 2.75) is 44.0 Å². The molecule has 1 amide bonds. The smallest absolute Gasteiger partial charge is 0.264 e. The molecule has 3 rings (SSSR count). The second kappa shape index (κ2) is 9.62. The minimum atomic E-state index is -3.65. The molecule has 0 saturated carbocycles. The lowest BCUT2D eigenvalue weighted by Crippen LogP contribution is -2.42. The van der Waals surface area contributed by atoms with Gasteiger partial charge in [-0.1, -0.05) is 24.6 Å². The van der Waals surface area contributed by atoms with Gasteiger partial charge in [0.2, 0.25) is 0 Å². The molecule has 30 heavy (non-hydrogen) atoms. The zero-order valence-corrected chi connectivity index (χ0v) is 18.8. The quantitative estimate of drug-likeness (QED) is 0.698. The standard InChI is InChI=1S/C23H31N3O3S/c1-4-20(26-15-5-6-16-26)17-24-23(27)19-9-11-21(12-10-19)25(3)30(28,29)22-13-7-18(2)8-14-22/h7-14,20H,4-6,15-17H2,1-3H3,(H,24,27)/t20-/m0/s1. The third-order valence-corrected chi connectivity index (χ3v) is 7.60. The predicted molar refractivity (Wildman–Crippen MR) is 120 cm³/mol. The third-order valence-electron chi connectivity index (χ3n) is 5.80. The Morgan fingerprint density at radius 2 is 1.67 bits per heavy atom. The van der Waals surface area contributed by atoms with Gasteiger partial charge in [0.15, 0.2) is 0 Å². The number of hydrogen-bond acceptors (Lipinski definition) is 4. The van der Waals surface area contributed by atoms with Crippen molar-refractivity contribution in [1.82, 2.24) is 10.2 Å². The summed E-state index contributed by atoms with van der Waals surface area (Å²) in [7, 11) is -2.13. The van der Waals surface area contributed by atoms with E-state index in [1.54, 1.807) is 48.5 Å². The molecule has 1 heterocycles. The molecule has 1 atom stereocenters. The van der Waals surface area contributed by atoms with Crippen LogP contribution in [0.2, 0.25) is 0 Å². The molecular formula is C23H31N3O3S. The molecule has 2 aromatic carbocycles. The Hall–Kier alpha value is -2.38. The van der Waals surface area contributed by atoms with Crippen molar-refractivity contribution in [3.8, 4) is 0 Å². The lowest BCUT2D eigenvalue weighted by Gasteiger charge is -2.26. The monoisotopic (exact) mass is 429 g/mol. The average Bonchev–Trinajstić information content (AvgIpc) is 3.28. The van der Waals surface area contributed by atoms with E-state index in [1.807, 2.05) is 6.92 Å². The Bertz CT molecular complexity index is 950. The van der Waals surface area contributed by atoms with Crippen molar-refractivity contribution in [3.05, 3.63) is 59.7 Å². The minimum absolute atomic E-state index is 0.136. The van der Waals surface area contributed by atoms with Gasteiger partial charge in [-0.15, -0.1) is 0 Å². The van der Waals surface area contributed by atoms with Gasteiger partial charge in [-0.05, 0) is 75.7 Å². The predicted octanol–water partition coefficient (Wildman–Crippen LogP) is 3.42. The Morgan fingerprint density at radius 3 is 2.23 bits per heavy atom. The number of carbonyl (C=O) groups excluding carboxylic acids is 1. The van der Waals surface area contributed by atoms with Crippen LogP contribution in [0.4, 0.5) is 5.69 Å². The Kier molecular flexibility index (Phi) is 7.15. The van der Waals surface area contributed by atoms with Crippen LogP contribution in [0.5, 0.6) is 0 Å². The van der Waals surface area contributed by atoms with E-state index in [2.05, 4.69) is 17.1 Å². The van der Waals surface area contributed by atoms with Crippen LogP contribution < -0.4 is 9.62 Å². The van der Waals surface area contributed by atoms with E-state index >= 15 is 0 Å². The minimum Gasteiger partial charge on any atom is -0.350 e. The van der Waals surface area contributed by atoms with Gasteiger partial charge in [0, 0.05) is 25.2 Å². The molecule has 7 heteroatoms. The fourth-order valence-corrected chi connectivity index (χ4v) is 4.98. The van der Waals surface area contributed by atoms with Gasteiger partial charge in [-0.2, -0.15) is 0 Å². The normalized spacial score (nSPS) is 15.7. The van der Waals surface area contributed by atoms with Crippen molar-refractivity contribution < 1.29 is 13.2 Å². The number of anilines is 1. The molecule has 2 aromatic rings. The molecule has 1 aliphatic heterocycles. The maximum Gasteiger partial charge on any atom is 0.264 e. The molecule has 0 aromatic heterocycles. The van der Waals surface area contributed by atoms with Gasteiger partial charge < -0.3 is 5.32 Å². The number of aryl methyl sites for hydroxylation is 1. The largest absolute Gasteiger partial charge is 0.350 e. The number of rotatable bonds is 8. The SMILES string of the molecule is CC[C@@H](CNC(=O)c1ccc(N(C)S(=O)(=O)c2ccc(C)cc2)cc1)N1CCCC1. The van der Waals surface area contributed by atoms with E-state index in [4.69, 9.17) is 0 Å². The van der Waals surface area contributed by atoms with E-state index in [0.717, 1.165) is 25.1 Å². The first-order valence-electron chi connectivity index (χ1n) is 10.5. The number of carbonyl (C=O) groups is 1. The lowest BCUT2D eigenvalue weighted by atomic mass is 10.1. The molecule has 1 saturated heterocycles. The summed E-state index contributed by atoms with van der Waals surface area (Å²) in [5, 5.41) is 3.02. The first-order chi connectivity index (χ1) is 14.3. The summed E-state index contributed by atoms with van der Waals surface area (Å²) < 4.78 is 26.9. The molecule has 0 spiro atoms. The number of nitrogens with one attached hydrogen (secondary N) is 1. The molecule has 0 radical (unpaired) electrons. The third kappa shape index (κ3) is 5.02. The lowest BCUT2D eigenvalue weighted by molar-refractivity contribution is 0.0937. The highest BCUT2D eigenvalue weighted by atomic mass is 32.2. The highest BCUT2D eigenvalue weighted by molar-refractivity contribution is 7.92. The van der Waals surface area contributed by atoms with Gasteiger partial charge in [0.25, 0.3) is 15.9 Å². The first-order valence-corrected chi connectivity index (χ1v) is 11.9. The zero-order valence-electron chi connectivity index (χ0n) is 18.0. The van der Waals surface area contributed by atoms with Crippen LogP contribution in [0.15, 0.2) is 53.4 Å². The molecular weight excluding hydrogens is 398 g/mol. The summed E-state index contributed by atoms with van der Waals surface area (Å²) in [6.45, 7) is 6.89. The van der Waals surface area contributed by atoms with Crippen molar-refractivity contribution in [2.75, 3.05) is 31.0 Å². The molecule has 0 bridgehead atoms. The fourth-order valence-electron chi connectivity index (χ4n) is 3.78. The summed E-state index contributed by atoms with van der Waals surface area (Å²) >= 11 is 0. The summed E-state index contributed by atoms with van der Waals surface area (Å²) in [4.78, 5) is 15.2. The number of likely N-dealkylation sites (tertiary alicyclic amines) is 1. The molecule has 0 unspecified atom stereocenters. The van der Waals surface area contributed by atoms with E-state index in [-0.39, 0.29) is 10.8 Å². The van der Waals surface area contributed by atoms with Crippen molar-refractivity contribution >= 4 is 21.6 Å². The van der Waals surface area contributed by atoms with E-state index in [9.17, 15) is 13.2 Å². The second-order valence-electron chi connectivity index (χ2n) is 7.85. The number of sulfonamides is 1. The van der Waals surface area contributed by atoms with Crippen LogP contribution in [-0.4, -0.2) is 51.9 Å². The number of amides is 1. The van der Waals surface area contributed by atoms with Gasteiger partial charge in [-0.3, -0.25) is 14.0 Å². The van der Waals surface area contributed by atoms with Gasteiger partial charge in [0.05, 0.1) is 10.6 Å². The Labute approximate surface area is 179 Å². The molecule has 6 nitrogen and oxygen atoms in total. The molecule has 0 aliphatic carbocycles. The van der Waals surface area contributed by atoms with E-state index < -0.39 is 10.0 Å². The first kappa shape index (κ1) is 22.3. The number of nitrogens with zero attached hydrogens (tertiary/aromatic N) is 2. The highest BCUT2D eigenvalue weighted by Gasteiger charge is 2.22. The average molecular weight is 430 g/mol. The summed E-state index contributed by atoms with van der Waals surface area (Å²) in [6.07, 6.45) is 3.46. The maximum atomic E-state index is 12.8. The molecule has 1 aliphatic rings. The number of hydrogen-bond donors (Lipinski definition) is 1. The Balaban J connectivity index is 1.64. The van der Waals surface area contributed by atoms with Gasteiger partial charge in [-0.25, -0.2) is 8.42 Å². The van der Waals surface area contributed by atoms with Crippen LogP contribution in [0.3, 0.4) is 0 Å². The second-order valence-corrected chi connectivity index (χ2v) is 9.82. The van der Waals surface area contributed by atoms with Gasteiger partial charge in [0.1, 0.15) is 0 Å². The Morgan fingerprint density at radius 1 is 1.07 bits per heavy atom. The number of benzene rings is 2. The summed E-state index contributed by atoms with van der Waals surface area (Å²) in [5.74, 6) is -0.136. The van der Waals surface area contributed by atoms with Crippen LogP contribution in [0, 0.1) is 6.92 Å². The van der Waals surface area contributed by atoms with Crippen LogP contribution in [0.25, 0.3) is 0 Å². The topological polar surface area (TPSA) is 69.7 Å². The highest BCUT2D eigenvalue weighted by Crippen LogP contribution is 2.23. The molecule has 162 valence electrons. The van der Waals surface area contributed by atoms with Gasteiger partial charge >= 0.3 is 0 Å². The molecule has 1 N–H and O–H groups in total. The van der Waals surface area contributed by atoms with E-state index in [0.29, 0.717) is 23.8 Å². The van der Waals surface area contributed by atoms with Crippen molar-refractivity contribution in [2.24, 2.45) is 0 Å². The van der Waals surface area contributed by atoms with Crippen LogP contribution >= 0.6 is 0 Å². The van der Waals surface area contributed by atoms with Crippen LogP contribution in [-0.2, 0) is 10.0 Å². The molecule has 1 fully saturated rings. The van der Waals surface area contributed by atoms with Crippen molar-refractivity contribution in [1.29, 1.82) is 0 Å². The van der Waals surface area contributed by atoms with Crippen molar-refractivity contribution in [3.63, 3.8) is 0 Å². The van der Waals surface area contributed by atoms with Crippen LogP contribution in [0.1, 0.15) is 42.1 Å². The summed E-state index contributed by atoms with van der Waals surface area (Å²) in [5.41, 5.74) is 2.04. The zero-order chi connectivity index (χ0) is 21.7.